The van der Waals surface area contributed by atoms with E-state index in [1.807, 2.05) is 0 Å². The van der Waals surface area contributed by atoms with Crippen molar-refractivity contribution in [2.24, 2.45) is 0 Å². The van der Waals surface area contributed by atoms with Gasteiger partial charge < -0.3 is 15.4 Å². The van der Waals surface area contributed by atoms with Crippen LogP contribution in [0.3, 0.4) is 0 Å². The largest absolute Gasteiger partial charge is 0.478 e. The molecule has 1 heterocycles. The van der Waals surface area contributed by atoms with Gasteiger partial charge >= 0.3 is 10.8 Å². The lowest BCUT2D eigenvalue weighted by Crippen LogP contribution is -2.14. The fourth-order valence-electron chi connectivity index (χ4n) is 1.58. The molecule has 0 saturated heterocycles. The number of nitrogens with one attached hydrogen (secondary N) is 2. The molecular weight excluding hydrogens is 268 g/mol. The molecule has 0 radical (unpaired) electrons. The van der Waals surface area contributed by atoms with E-state index in [-0.39, 0.29) is 21.0 Å². The number of benzene rings is 1. The normalized spacial score (nSPS) is 10.2. The van der Waals surface area contributed by atoms with E-state index in [2.05, 4.69) is 10.3 Å². The first-order valence-corrected chi connectivity index (χ1v) is 6.14. The minimum atomic E-state index is -1.13. The van der Waals surface area contributed by atoms with Gasteiger partial charge in [0.1, 0.15) is 4.88 Å². The Morgan fingerprint density at radius 3 is 2.58 bits per heavy atom. The van der Waals surface area contributed by atoms with Crippen LogP contribution in [0.2, 0.25) is 0 Å². The molecule has 0 atom stereocenters. The molecule has 1 aromatic carbocycles. The maximum atomic E-state index is 12.0. The second-order valence-corrected chi connectivity index (χ2v) is 4.76. The number of carbonyl (C=O) groups is 2. The van der Waals surface area contributed by atoms with Crippen LogP contribution in [0.5, 0.6) is 0 Å². The molecular formula is C12H10N2O4S. The molecule has 3 N–H and O–H groups in total. The van der Waals surface area contributed by atoms with Gasteiger partial charge in [0.05, 0.1) is 11.3 Å². The van der Waals surface area contributed by atoms with Crippen LogP contribution in [0.4, 0.5) is 5.69 Å². The van der Waals surface area contributed by atoms with Crippen LogP contribution in [-0.2, 0) is 0 Å². The minimum absolute atomic E-state index is 0.00335. The monoisotopic (exact) mass is 278 g/mol. The summed E-state index contributed by atoms with van der Waals surface area (Å²) in [6, 6.07) is 6.07. The zero-order valence-electron chi connectivity index (χ0n) is 9.89. The summed E-state index contributed by atoms with van der Waals surface area (Å²) in [6.07, 6.45) is 0. The number of aromatic amines is 1. The third kappa shape index (κ3) is 2.71. The number of aromatic nitrogens is 1. The van der Waals surface area contributed by atoms with Crippen molar-refractivity contribution in [2.45, 2.75) is 6.92 Å². The second kappa shape index (κ2) is 5.07. The predicted molar refractivity (Wildman–Crippen MR) is 71.0 cm³/mol. The SMILES string of the molecule is Cc1[nH]c(=O)sc1C(=O)Nc1ccccc1C(=O)O. The Hall–Kier alpha value is -2.41. The number of para-hydroxylation sites is 1. The molecule has 0 aliphatic rings. The van der Waals surface area contributed by atoms with Crippen molar-refractivity contribution in [3.05, 3.63) is 50.1 Å². The lowest BCUT2D eigenvalue weighted by atomic mass is 10.2. The van der Waals surface area contributed by atoms with E-state index < -0.39 is 11.9 Å². The van der Waals surface area contributed by atoms with Crippen molar-refractivity contribution < 1.29 is 14.7 Å². The fraction of sp³-hybridized carbons (Fsp3) is 0.0833. The number of hydrogen-bond acceptors (Lipinski definition) is 4. The summed E-state index contributed by atoms with van der Waals surface area (Å²) in [5.41, 5.74) is 0.650. The summed E-state index contributed by atoms with van der Waals surface area (Å²) >= 11 is 0.785. The average molecular weight is 278 g/mol. The highest BCUT2D eigenvalue weighted by Gasteiger charge is 2.16. The third-order valence-electron chi connectivity index (χ3n) is 2.44. The van der Waals surface area contributed by atoms with Crippen LogP contribution < -0.4 is 10.2 Å². The maximum Gasteiger partial charge on any atom is 0.337 e. The van der Waals surface area contributed by atoms with Gasteiger partial charge in [0.15, 0.2) is 0 Å². The number of aryl methyl sites for hydroxylation is 1. The van der Waals surface area contributed by atoms with Gasteiger partial charge in [-0.2, -0.15) is 0 Å². The number of H-pyrrole nitrogens is 1. The molecule has 2 aromatic rings. The Morgan fingerprint density at radius 2 is 2.00 bits per heavy atom. The zero-order chi connectivity index (χ0) is 14.0. The van der Waals surface area contributed by atoms with Gasteiger partial charge in [-0.1, -0.05) is 23.5 Å². The summed E-state index contributed by atoms with van der Waals surface area (Å²) < 4.78 is 0. The molecule has 0 unspecified atom stereocenters. The average Bonchev–Trinajstić information content (AvgIpc) is 2.69. The Labute approximate surface area is 111 Å². The van der Waals surface area contributed by atoms with E-state index in [0.29, 0.717) is 5.69 Å². The smallest absolute Gasteiger partial charge is 0.337 e. The Bertz CT molecular complexity index is 702. The molecule has 0 fully saturated rings. The highest BCUT2D eigenvalue weighted by molar-refractivity contribution is 7.11. The van der Waals surface area contributed by atoms with Gasteiger partial charge in [-0.3, -0.25) is 9.59 Å². The van der Waals surface area contributed by atoms with Gasteiger partial charge in [0.2, 0.25) is 0 Å². The summed E-state index contributed by atoms with van der Waals surface area (Å²) in [4.78, 5) is 36.5. The number of rotatable bonds is 3. The molecule has 1 amide bonds. The van der Waals surface area contributed by atoms with E-state index in [9.17, 15) is 14.4 Å². The van der Waals surface area contributed by atoms with Crippen LogP contribution in [0.25, 0.3) is 0 Å². The standard InChI is InChI=1S/C12H10N2O4S/c1-6-9(19-12(18)13-6)10(15)14-8-5-3-2-4-7(8)11(16)17/h2-5H,1H3,(H,13,18)(H,14,15)(H,16,17). The number of carbonyl (C=O) groups excluding carboxylic acids is 1. The van der Waals surface area contributed by atoms with Crippen molar-refractivity contribution in [1.82, 2.24) is 4.98 Å². The van der Waals surface area contributed by atoms with E-state index in [0.717, 1.165) is 11.3 Å². The summed E-state index contributed by atoms with van der Waals surface area (Å²) in [5, 5.41) is 11.5. The Morgan fingerprint density at radius 1 is 1.32 bits per heavy atom. The third-order valence-corrected chi connectivity index (χ3v) is 3.42. The van der Waals surface area contributed by atoms with Gasteiger partial charge in [0.25, 0.3) is 5.91 Å². The Kier molecular flexibility index (Phi) is 3.48. The minimum Gasteiger partial charge on any atom is -0.478 e. The van der Waals surface area contributed by atoms with E-state index in [4.69, 9.17) is 5.11 Å². The molecule has 2 rings (SSSR count). The summed E-state index contributed by atoms with van der Waals surface area (Å²) in [6.45, 7) is 1.61. The van der Waals surface area contributed by atoms with Crippen LogP contribution in [0.1, 0.15) is 25.7 Å². The van der Waals surface area contributed by atoms with E-state index in [1.54, 1.807) is 19.1 Å². The molecule has 0 aliphatic heterocycles. The molecule has 0 aliphatic carbocycles. The lowest BCUT2D eigenvalue weighted by molar-refractivity contribution is 0.0698. The highest BCUT2D eigenvalue weighted by atomic mass is 32.1. The molecule has 0 saturated carbocycles. The number of hydrogen-bond donors (Lipinski definition) is 3. The number of amides is 1. The van der Waals surface area contributed by atoms with Crippen molar-refractivity contribution in [1.29, 1.82) is 0 Å². The van der Waals surface area contributed by atoms with Crippen LogP contribution in [-0.4, -0.2) is 22.0 Å². The quantitative estimate of drug-likeness (QED) is 0.795. The first kappa shape index (κ1) is 13.0. The molecule has 0 bridgehead atoms. The van der Waals surface area contributed by atoms with Gasteiger partial charge in [-0.25, -0.2) is 4.79 Å². The highest BCUT2D eigenvalue weighted by Crippen LogP contribution is 2.17. The lowest BCUT2D eigenvalue weighted by Gasteiger charge is -2.07. The fourth-order valence-corrected chi connectivity index (χ4v) is 2.32. The van der Waals surface area contributed by atoms with E-state index >= 15 is 0 Å². The molecule has 98 valence electrons. The van der Waals surface area contributed by atoms with Crippen molar-refractivity contribution in [3.8, 4) is 0 Å². The van der Waals surface area contributed by atoms with Crippen molar-refractivity contribution in [3.63, 3.8) is 0 Å². The molecule has 19 heavy (non-hydrogen) atoms. The zero-order valence-corrected chi connectivity index (χ0v) is 10.7. The number of carboxylic acid groups (broad SMARTS) is 1. The van der Waals surface area contributed by atoms with Crippen LogP contribution in [0.15, 0.2) is 29.1 Å². The van der Waals surface area contributed by atoms with Crippen molar-refractivity contribution in [2.75, 3.05) is 5.32 Å². The Balaban J connectivity index is 2.32. The topological polar surface area (TPSA) is 99.3 Å². The molecule has 6 nitrogen and oxygen atoms in total. The van der Waals surface area contributed by atoms with Crippen molar-refractivity contribution >= 4 is 28.9 Å². The van der Waals surface area contributed by atoms with Gasteiger partial charge in [0, 0.05) is 5.69 Å². The predicted octanol–water partition coefficient (Wildman–Crippen LogP) is 1.70. The van der Waals surface area contributed by atoms with E-state index in [1.165, 1.54) is 12.1 Å². The summed E-state index contributed by atoms with van der Waals surface area (Å²) in [5.74, 6) is -1.63. The first-order valence-electron chi connectivity index (χ1n) is 5.32. The maximum absolute atomic E-state index is 12.0. The van der Waals surface area contributed by atoms with Gasteiger partial charge in [-0.15, -0.1) is 0 Å². The summed E-state index contributed by atoms with van der Waals surface area (Å²) in [7, 11) is 0. The molecule has 1 aromatic heterocycles. The number of thiazole rings is 1. The number of carboxylic acids is 1. The number of aromatic carboxylic acids is 1. The second-order valence-electron chi connectivity index (χ2n) is 3.77. The van der Waals surface area contributed by atoms with Gasteiger partial charge in [-0.05, 0) is 19.1 Å². The first-order chi connectivity index (χ1) is 8.99. The molecule has 7 heteroatoms. The van der Waals surface area contributed by atoms with Crippen LogP contribution >= 0.6 is 11.3 Å². The number of anilines is 1. The molecule has 0 spiro atoms. The van der Waals surface area contributed by atoms with Crippen LogP contribution in [0, 0.1) is 6.92 Å².